The normalized spacial score (nSPS) is 11.1. The average molecular weight is 445 g/mol. The Balaban J connectivity index is 1.97. The zero-order valence-corrected chi connectivity index (χ0v) is 17.7. The molecule has 0 aliphatic rings. The molecule has 0 aliphatic carbocycles. The van der Waals surface area contributed by atoms with Crippen LogP contribution in [0.4, 0.5) is 10.7 Å². The first kappa shape index (κ1) is 21.8. The molecule has 3 aromatic rings. The standard InChI is InChI=1S/C18H19N7O5S/c1-4-30-16(26)13-10-20-25(14-7-5-6-8-19-14)15(13)31(28,29)24-18(27)23-17-21-11(2)9-12(3)22-17/h5-10H,4H2,1-3H3,(H2,21,22,23,24,27). The van der Waals surface area contributed by atoms with Gasteiger partial charge in [-0.15, -0.1) is 0 Å². The number of aromatic nitrogens is 5. The molecule has 0 radical (unpaired) electrons. The summed E-state index contributed by atoms with van der Waals surface area (Å²) < 4.78 is 33.8. The largest absolute Gasteiger partial charge is 0.462 e. The molecular weight excluding hydrogens is 426 g/mol. The molecule has 0 bridgehead atoms. The number of amides is 2. The predicted molar refractivity (Wildman–Crippen MR) is 108 cm³/mol. The van der Waals surface area contributed by atoms with Gasteiger partial charge in [0.2, 0.25) is 5.95 Å². The van der Waals surface area contributed by atoms with E-state index < -0.39 is 27.0 Å². The van der Waals surface area contributed by atoms with Crippen LogP contribution in [0.25, 0.3) is 5.82 Å². The van der Waals surface area contributed by atoms with Crippen molar-refractivity contribution in [2.24, 2.45) is 0 Å². The number of hydrogen-bond acceptors (Lipinski definition) is 9. The van der Waals surface area contributed by atoms with E-state index in [0.29, 0.717) is 11.4 Å². The zero-order chi connectivity index (χ0) is 22.6. The molecule has 0 saturated heterocycles. The molecule has 31 heavy (non-hydrogen) atoms. The third-order valence-electron chi connectivity index (χ3n) is 3.78. The molecule has 2 amide bonds. The lowest BCUT2D eigenvalue weighted by atomic mass is 10.4. The Morgan fingerprint density at radius 3 is 2.48 bits per heavy atom. The number of sulfonamides is 1. The minimum atomic E-state index is -4.59. The van der Waals surface area contributed by atoms with Crippen molar-refractivity contribution in [2.45, 2.75) is 25.8 Å². The van der Waals surface area contributed by atoms with Crippen molar-refractivity contribution >= 4 is 28.0 Å². The maximum Gasteiger partial charge on any atom is 0.342 e. The van der Waals surface area contributed by atoms with Gasteiger partial charge in [0, 0.05) is 17.6 Å². The first-order valence-electron chi connectivity index (χ1n) is 9.04. The second-order valence-corrected chi connectivity index (χ2v) is 7.82. The van der Waals surface area contributed by atoms with Crippen LogP contribution < -0.4 is 10.0 Å². The van der Waals surface area contributed by atoms with Gasteiger partial charge in [0.15, 0.2) is 10.8 Å². The number of hydrogen-bond donors (Lipinski definition) is 2. The highest BCUT2D eigenvalue weighted by Crippen LogP contribution is 2.20. The van der Waals surface area contributed by atoms with Crippen LogP contribution in [-0.4, -0.2) is 51.8 Å². The van der Waals surface area contributed by atoms with E-state index in [2.05, 4.69) is 25.4 Å². The SMILES string of the molecule is CCOC(=O)c1cnn(-c2ccccn2)c1S(=O)(=O)NC(=O)Nc1nc(C)cc(C)n1. The molecule has 3 aromatic heterocycles. The summed E-state index contributed by atoms with van der Waals surface area (Å²) in [4.78, 5) is 36.7. The number of anilines is 1. The Morgan fingerprint density at radius 2 is 1.87 bits per heavy atom. The second kappa shape index (κ2) is 8.87. The predicted octanol–water partition coefficient (Wildman–Crippen LogP) is 1.36. The number of carbonyl (C=O) groups excluding carboxylic acids is 2. The van der Waals surface area contributed by atoms with Crippen LogP contribution in [0.5, 0.6) is 0 Å². The zero-order valence-electron chi connectivity index (χ0n) is 16.9. The van der Waals surface area contributed by atoms with Crippen LogP contribution in [0.3, 0.4) is 0 Å². The lowest BCUT2D eigenvalue weighted by Gasteiger charge is -2.11. The summed E-state index contributed by atoms with van der Waals surface area (Å²) in [5.41, 5.74) is 0.822. The number of nitrogens with zero attached hydrogens (tertiary/aromatic N) is 5. The van der Waals surface area contributed by atoms with Gasteiger partial charge in [-0.25, -0.2) is 33.9 Å². The van der Waals surface area contributed by atoms with Crippen molar-refractivity contribution in [1.29, 1.82) is 0 Å². The topological polar surface area (TPSA) is 158 Å². The van der Waals surface area contributed by atoms with Crippen LogP contribution in [0, 0.1) is 13.8 Å². The molecule has 0 unspecified atom stereocenters. The molecule has 2 N–H and O–H groups in total. The van der Waals surface area contributed by atoms with Crippen molar-refractivity contribution in [3.63, 3.8) is 0 Å². The molecule has 3 heterocycles. The molecule has 3 rings (SSSR count). The molecule has 12 nitrogen and oxygen atoms in total. The van der Waals surface area contributed by atoms with E-state index in [9.17, 15) is 18.0 Å². The highest BCUT2D eigenvalue weighted by Gasteiger charge is 2.32. The summed E-state index contributed by atoms with van der Waals surface area (Å²) in [6.45, 7) is 4.99. The summed E-state index contributed by atoms with van der Waals surface area (Å²) in [6, 6.07) is 5.31. The fraction of sp³-hybridized carbons (Fsp3) is 0.222. The number of pyridine rings is 1. The van der Waals surface area contributed by atoms with Crippen molar-refractivity contribution in [3.05, 3.63) is 53.6 Å². The minimum absolute atomic E-state index is 0.0189. The molecule has 0 aliphatic heterocycles. The Kier molecular flexibility index (Phi) is 6.25. The number of carbonyl (C=O) groups is 2. The molecule has 162 valence electrons. The number of urea groups is 1. The van der Waals surface area contributed by atoms with Crippen LogP contribution in [0.2, 0.25) is 0 Å². The van der Waals surface area contributed by atoms with E-state index in [4.69, 9.17) is 4.74 Å². The van der Waals surface area contributed by atoms with E-state index >= 15 is 0 Å². The van der Waals surface area contributed by atoms with Gasteiger partial charge in [0.25, 0.3) is 10.0 Å². The van der Waals surface area contributed by atoms with Gasteiger partial charge in [-0.05, 0) is 39.0 Å². The van der Waals surface area contributed by atoms with Crippen molar-refractivity contribution in [1.82, 2.24) is 29.5 Å². The molecule has 0 fully saturated rings. The molecule has 0 saturated carbocycles. The van der Waals surface area contributed by atoms with Crippen molar-refractivity contribution < 1.29 is 22.7 Å². The highest BCUT2D eigenvalue weighted by molar-refractivity contribution is 7.90. The summed E-state index contributed by atoms with van der Waals surface area (Å²) >= 11 is 0. The molecule has 0 aromatic carbocycles. The minimum Gasteiger partial charge on any atom is -0.462 e. The van der Waals surface area contributed by atoms with E-state index in [1.165, 1.54) is 12.3 Å². The second-order valence-electron chi connectivity index (χ2n) is 6.22. The third kappa shape index (κ3) is 5.01. The maximum absolute atomic E-state index is 13.0. The van der Waals surface area contributed by atoms with Gasteiger partial charge in [0.1, 0.15) is 5.56 Å². The monoisotopic (exact) mass is 445 g/mol. The number of ether oxygens (including phenoxy) is 1. The number of esters is 1. The Hall–Kier alpha value is -3.87. The summed E-state index contributed by atoms with van der Waals surface area (Å²) in [5.74, 6) is -0.867. The quantitative estimate of drug-likeness (QED) is 0.534. The number of nitrogens with one attached hydrogen (secondary N) is 2. The van der Waals surface area contributed by atoms with Crippen molar-refractivity contribution in [3.8, 4) is 5.82 Å². The first-order chi connectivity index (χ1) is 14.7. The van der Waals surface area contributed by atoms with Gasteiger partial charge in [0.05, 0.1) is 12.8 Å². The van der Waals surface area contributed by atoms with Crippen LogP contribution in [0.15, 0.2) is 41.7 Å². The lowest BCUT2D eigenvalue weighted by molar-refractivity contribution is 0.0521. The summed E-state index contributed by atoms with van der Waals surface area (Å²) in [6.07, 6.45) is 2.46. The smallest absolute Gasteiger partial charge is 0.342 e. The van der Waals surface area contributed by atoms with E-state index in [1.54, 1.807) is 39.0 Å². The molecular formula is C18H19N7O5S. The highest BCUT2D eigenvalue weighted by atomic mass is 32.2. The van der Waals surface area contributed by atoms with Crippen LogP contribution >= 0.6 is 0 Å². The fourth-order valence-corrected chi connectivity index (χ4v) is 3.85. The van der Waals surface area contributed by atoms with E-state index in [-0.39, 0.29) is 23.9 Å². The van der Waals surface area contributed by atoms with Crippen LogP contribution in [0.1, 0.15) is 28.7 Å². The first-order valence-corrected chi connectivity index (χ1v) is 10.5. The van der Waals surface area contributed by atoms with Gasteiger partial charge < -0.3 is 4.74 Å². The molecule has 0 atom stereocenters. The summed E-state index contributed by atoms with van der Waals surface area (Å²) in [5, 5.41) is 5.61. The van der Waals surface area contributed by atoms with Crippen molar-refractivity contribution in [2.75, 3.05) is 11.9 Å². The van der Waals surface area contributed by atoms with Gasteiger partial charge in [-0.2, -0.15) is 13.5 Å². The number of aryl methyl sites for hydroxylation is 2. The van der Waals surface area contributed by atoms with Gasteiger partial charge >= 0.3 is 12.0 Å². The lowest BCUT2D eigenvalue weighted by Crippen LogP contribution is -2.36. The van der Waals surface area contributed by atoms with Gasteiger partial charge in [-0.1, -0.05) is 6.07 Å². The Morgan fingerprint density at radius 1 is 1.16 bits per heavy atom. The summed E-state index contributed by atoms with van der Waals surface area (Å²) in [7, 11) is -4.59. The number of rotatable bonds is 6. The van der Waals surface area contributed by atoms with E-state index in [0.717, 1.165) is 10.9 Å². The van der Waals surface area contributed by atoms with Crippen LogP contribution in [-0.2, 0) is 14.8 Å². The molecule has 0 spiro atoms. The average Bonchev–Trinajstić information content (AvgIpc) is 3.14. The third-order valence-corrected chi connectivity index (χ3v) is 5.13. The maximum atomic E-state index is 13.0. The Labute approximate surface area is 177 Å². The van der Waals surface area contributed by atoms with E-state index in [1.807, 2.05) is 4.72 Å². The molecule has 13 heteroatoms. The fourth-order valence-electron chi connectivity index (χ4n) is 2.67. The Bertz CT molecular complexity index is 1210. The van der Waals surface area contributed by atoms with Gasteiger partial charge in [-0.3, -0.25) is 5.32 Å².